The van der Waals surface area contributed by atoms with Crippen LogP contribution in [0.15, 0.2) is 5.10 Å². The molecule has 0 spiro atoms. The molecule has 0 N–H and O–H groups in total. The quantitative estimate of drug-likeness (QED) is 0.550. The molecule has 4 heteroatoms. The third-order valence-electron chi connectivity index (χ3n) is 1.38. The summed E-state index contributed by atoms with van der Waals surface area (Å²) in [6.07, 6.45) is 2.73. The van der Waals surface area contributed by atoms with Crippen LogP contribution in [0.3, 0.4) is 0 Å². The highest BCUT2D eigenvalue weighted by Crippen LogP contribution is 1.98. The molecule has 0 aromatic heterocycles. The SMILES string of the molecule is CCOC(=O)CN1CCC=N1. The van der Waals surface area contributed by atoms with Gasteiger partial charge in [0.15, 0.2) is 0 Å². The summed E-state index contributed by atoms with van der Waals surface area (Å²) in [4.78, 5) is 10.9. The Balaban J connectivity index is 2.19. The van der Waals surface area contributed by atoms with Crippen LogP contribution < -0.4 is 0 Å². The summed E-state index contributed by atoms with van der Waals surface area (Å²) in [5.41, 5.74) is 0. The van der Waals surface area contributed by atoms with Gasteiger partial charge in [-0.3, -0.25) is 9.80 Å². The first kappa shape index (κ1) is 8.04. The summed E-state index contributed by atoms with van der Waals surface area (Å²) in [7, 11) is 0. The molecule has 0 atom stereocenters. The molecule has 1 aliphatic heterocycles. The molecule has 1 rings (SSSR count). The molecule has 0 aromatic rings. The average Bonchev–Trinajstić information content (AvgIpc) is 2.40. The lowest BCUT2D eigenvalue weighted by Crippen LogP contribution is -2.24. The Bertz CT molecular complexity index is 168. The summed E-state index contributed by atoms with van der Waals surface area (Å²) in [5, 5.41) is 5.67. The molecule has 0 bridgehead atoms. The highest BCUT2D eigenvalue weighted by Gasteiger charge is 2.10. The number of ether oxygens (including phenoxy) is 1. The predicted molar refractivity (Wildman–Crippen MR) is 41.3 cm³/mol. The Morgan fingerprint density at radius 1 is 1.82 bits per heavy atom. The molecule has 4 nitrogen and oxygen atoms in total. The monoisotopic (exact) mass is 156 g/mol. The van der Waals surface area contributed by atoms with Crippen molar-refractivity contribution < 1.29 is 9.53 Å². The molecule has 0 aliphatic carbocycles. The molecule has 0 saturated heterocycles. The molecule has 0 fully saturated rings. The van der Waals surface area contributed by atoms with Gasteiger partial charge in [-0.05, 0) is 6.92 Å². The van der Waals surface area contributed by atoms with Crippen molar-refractivity contribution in [1.82, 2.24) is 5.01 Å². The van der Waals surface area contributed by atoms with E-state index >= 15 is 0 Å². The molecule has 0 unspecified atom stereocenters. The fourth-order valence-electron chi connectivity index (χ4n) is 0.913. The molecule has 11 heavy (non-hydrogen) atoms. The summed E-state index contributed by atoms with van der Waals surface area (Å²) >= 11 is 0. The Morgan fingerprint density at radius 2 is 2.64 bits per heavy atom. The number of nitrogens with zero attached hydrogens (tertiary/aromatic N) is 2. The van der Waals surface area contributed by atoms with E-state index in [0.717, 1.165) is 13.0 Å². The fraction of sp³-hybridized carbons (Fsp3) is 0.714. The molecule has 1 aliphatic rings. The van der Waals surface area contributed by atoms with Gasteiger partial charge in [0.05, 0.1) is 6.61 Å². The van der Waals surface area contributed by atoms with E-state index in [-0.39, 0.29) is 12.5 Å². The van der Waals surface area contributed by atoms with Crippen LogP contribution >= 0.6 is 0 Å². The van der Waals surface area contributed by atoms with Gasteiger partial charge < -0.3 is 4.74 Å². The largest absolute Gasteiger partial charge is 0.465 e. The van der Waals surface area contributed by atoms with Crippen LogP contribution in [0.5, 0.6) is 0 Å². The first-order valence-corrected chi connectivity index (χ1v) is 3.76. The van der Waals surface area contributed by atoms with Crippen LogP contribution in [-0.2, 0) is 9.53 Å². The van der Waals surface area contributed by atoms with E-state index < -0.39 is 0 Å². The van der Waals surface area contributed by atoms with Crippen molar-refractivity contribution in [3.8, 4) is 0 Å². The third kappa shape index (κ3) is 2.57. The second-order valence-electron chi connectivity index (χ2n) is 2.28. The number of carbonyl (C=O) groups is 1. The zero-order chi connectivity index (χ0) is 8.10. The maximum absolute atomic E-state index is 10.9. The van der Waals surface area contributed by atoms with E-state index in [2.05, 4.69) is 5.10 Å². The average molecular weight is 156 g/mol. The smallest absolute Gasteiger partial charge is 0.327 e. The second-order valence-corrected chi connectivity index (χ2v) is 2.28. The number of hydrogen-bond acceptors (Lipinski definition) is 4. The van der Waals surface area contributed by atoms with Crippen molar-refractivity contribution in [3.63, 3.8) is 0 Å². The lowest BCUT2D eigenvalue weighted by Gasteiger charge is -2.11. The first-order chi connectivity index (χ1) is 5.33. The van der Waals surface area contributed by atoms with E-state index in [9.17, 15) is 4.79 Å². The van der Waals surface area contributed by atoms with Gasteiger partial charge in [-0.1, -0.05) is 0 Å². The van der Waals surface area contributed by atoms with Crippen molar-refractivity contribution in [2.45, 2.75) is 13.3 Å². The van der Waals surface area contributed by atoms with Gasteiger partial charge in [-0.2, -0.15) is 5.10 Å². The molecule has 62 valence electrons. The topological polar surface area (TPSA) is 41.9 Å². The minimum atomic E-state index is -0.202. The van der Waals surface area contributed by atoms with Gasteiger partial charge in [0, 0.05) is 19.2 Å². The molecular weight excluding hydrogens is 144 g/mol. The lowest BCUT2D eigenvalue weighted by atomic mass is 10.5. The molecule has 0 radical (unpaired) electrons. The molecule has 0 aromatic carbocycles. The molecule has 0 saturated carbocycles. The number of carbonyl (C=O) groups excluding carboxylic acids is 1. The number of esters is 1. The van der Waals surface area contributed by atoms with Crippen molar-refractivity contribution in [2.24, 2.45) is 5.10 Å². The maximum Gasteiger partial charge on any atom is 0.327 e. The van der Waals surface area contributed by atoms with E-state index in [1.165, 1.54) is 0 Å². The van der Waals surface area contributed by atoms with Gasteiger partial charge in [-0.15, -0.1) is 0 Å². The number of hydrazone groups is 1. The van der Waals surface area contributed by atoms with Gasteiger partial charge >= 0.3 is 5.97 Å². The molecule has 0 amide bonds. The third-order valence-corrected chi connectivity index (χ3v) is 1.38. The zero-order valence-electron chi connectivity index (χ0n) is 6.62. The van der Waals surface area contributed by atoms with Crippen LogP contribution in [0, 0.1) is 0 Å². The van der Waals surface area contributed by atoms with Crippen LogP contribution in [0.25, 0.3) is 0 Å². The fourth-order valence-corrected chi connectivity index (χ4v) is 0.913. The van der Waals surface area contributed by atoms with Crippen molar-refractivity contribution in [2.75, 3.05) is 19.7 Å². The van der Waals surface area contributed by atoms with Gasteiger partial charge in [0.1, 0.15) is 6.54 Å². The van der Waals surface area contributed by atoms with Gasteiger partial charge in [-0.25, -0.2) is 0 Å². The van der Waals surface area contributed by atoms with Crippen molar-refractivity contribution >= 4 is 12.2 Å². The summed E-state index contributed by atoms with van der Waals surface area (Å²) in [6.45, 7) is 3.35. The van der Waals surface area contributed by atoms with Crippen LogP contribution in [0.1, 0.15) is 13.3 Å². The van der Waals surface area contributed by atoms with Crippen LogP contribution in [0.2, 0.25) is 0 Å². The van der Waals surface area contributed by atoms with Gasteiger partial charge in [0.2, 0.25) is 0 Å². The first-order valence-electron chi connectivity index (χ1n) is 3.76. The zero-order valence-corrected chi connectivity index (χ0v) is 6.62. The Hall–Kier alpha value is -1.06. The Kier molecular flexibility index (Phi) is 2.89. The highest BCUT2D eigenvalue weighted by atomic mass is 16.5. The normalized spacial score (nSPS) is 15.5. The van der Waals surface area contributed by atoms with E-state index in [1.807, 2.05) is 0 Å². The second kappa shape index (κ2) is 3.95. The number of hydrogen-bond donors (Lipinski definition) is 0. The molecular formula is C7H12N2O2. The maximum atomic E-state index is 10.9. The molecule has 1 heterocycles. The van der Waals surface area contributed by atoms with Crippen molar-refractivity contribution in [3.05, 3.63) is 0 Å². The Morgan fingerprint density at radius 3 is 3.18 bits per heavy atom. The van der Waals surface area contributed by atoms with Gasteiger partial charge in [0.25, 0.3) is 0 Å². The van der Waals surface area contributed by atoms with E-state index in [4.69, 9.17) is 4.74 Å². The minimum Gasteiger partial charge on any atom is -0.465 e. The van der Waals surface area contributed by atoms with Crippen LogP contribution in [-0.4, -0.2) is 36.9 Å². The highest BCUT2D eigenvalue weighted by molar-refractivity contribution is 5.72. The number of rotatable bonds is 3. The van der Waals surface area contributed by atoms with Crippen molar-refractivity contribution in [1.29, 1.82) is 0 Å². The van der Waals surface area contributed by atoms with Crippen LogP contribution in [0.4, 0.5) is 0 Å². The van der Waals surface area contributed by atoms with E-state index in [0.29, 0.717) is 6.61 Å². The summed E-state index contributed by atoms with van der Waals surface area (Å²) < 4.78 is 4.75. The standard InChI is InChI=1S/C7H12N2O2/c1-2-11-7(10)6-9-5-3-4-8-9/h4H,2-3,5-6H2,1H3. The Labute approximate surface area is 65.8 Å². The predicted octanol–water partition coefficient (Wildman–Crippen LogP) is 0.241. The lowest BCUT2D eigenvalue weighted by molar-refractivity contribution is -0.144. The summed E-state index contributed by atoms with van der Waals surface area (Å²) in [6, 6.07) is 0. The minimum absolute atomic E-state index is 0.202. The van der Waals surface area contributed by atoms with E-state index in [1.54, 1.807) is 18.1 Å². The summed E-state index contributed by atoms with van der Waals surface area (Å²) in [5.74, 6) is -0.202.